The summed E-state index contributed by atoms with van der Waals surface area (Å²) in [5.74, 6) is -0.258. The minimum atomic E-state index is -4.24. The number of aryl methyl sites for hydroxylation is 2. The summed E-state index contributed by atoms with van der Waals surface area (Å²) in [4.78, 5) is 11.5. The molecule has 0 spiro atoms. The number of fused-ring (bicyclic) bond motifs is 1. The van der Waals surface area contributed by atoms with Gasteiger partial charge in [0, 0.05) is 5.69 Å². The van der Waals surface area contributed by atoms with E-state index in [1.165, 1.54) is 0 Å². The van der Waals surface area contributed by atoms with E-state index >= 15 is 0 Å². The van der Waals surface area contributed by atoms with E-state index in [-0.39, 0.29) is 5.82 Å². The third kappa shape index (κ3) is 3.35. The van der Waals surface area contributed by atoms with Crippen molar-refractivity contribution in [2.24, 2.45) is 0 Å². The first-order chi connectivity index (χ1) is 11.2. The van der Waals surface area contributed by atoms with Gasteiger partial charge in [-0.05, 0) is 31.5 Å². The Kier molecular flexibility index (Phi) is 4.20. The molecule has 1 aromatic carbocycles. The summed E-state index contributed by atoms with van der Waals surface area (Å²) in [5.41, 5.74) is 2.96. The average Bonchev–Trinajstić information content (AvgIpc) is 2.75. The van der Waals surface area contributed by atoms with Gasteiger partial charge in [0.15, 0.2) is 5.82 Å². The van der Waals surface area contributed by atoms with Crippen LogP contribution in [0.25, 0.3) is 11.0 Å². The number of aromatic nitrogens is 3. The van der Waals surface area contributed by atoms with E-state index in [4.69, 9.17) is 16.2 Å². The quantitative estimate of drug-likeness (QED) is 0.611. The largest absolute Gasteiger partial charge is 0.343 e. The van der Waals surface area contributed by atoms with Crippen LogP contribution in [-0.4, -0.2) is 27.9 Å². The summed E-state index contributed by atoms with van der Waals surface area (Å²) in [6, 6.07) is 7.14. The number of nitrogens with zero attached hydrogens (tertiary/aromatic N) is 2. The standard InChI is InChI=1S/C15H15ClN4O3S/c1-8-9(2)17-14-13(8)15(18-11-6-4-3-5-10(11)16)20-12(19-14)7-24(21,22)23/h3-6H,7H2,1-2H3,(H,21,22,23)(H2,17,18,19,20). The van der Waals surface area contributed by atoms with Crippen LogP contribution < -0.4 is 5.32 Å². The molecule has 0 bridgehead atoms. The van der Waals surface area contributed by atoms with E-state index in [0.717, 1.165) is 16.6 Å². The summed E-state index contributed by atoms with van der Waals surface area (Å²) in [6.07, 6.45) is 0. The van der Waals surface area contributed by atoms with Gasteiger partial charge < -0.3 is 10.3 Å². The van der Waals surface area contributed by atoms with Gasteiger partial charge in [-0.15, -0.1) is 0 Å². The molecule has 3 aromatic rings. The fourth-order valence-corrected chi connectivity index (χ4v) is 3.06. The van der Waals surface area contributed by atoms with E-state index in [2.05, 4.69) is 20.3 Å². The summed E-state index contributed by atoms with van der Waals surface area (Å²) in [6.45, 7) is 3.80. The molecule has 0 aliphatic heterocycles. The first-order valence-electron chi connectivity index (χ1n) is 7.07. The molecule has 0 radical (unpaired) electrons. The van der Waals surface area contributed by atoms with Crippen molar-refractivity contribution < 1.29 is 13.0 Å². The topological polar surface area (TPSA) is 108 Å². The fraction of sp³-hybridized carbons (Fsp3) is 0.200. The molecule has 2 aromatic heterocycles. The second kappa shape index (κ2) is 6.04. The molecule has 126 valence electrons. The summed E-state index contributed by atoms with van der Waals surface area (Å²) >= 11 is 6.17. The lowest BCUT2D eigenvalue weighted by Gasteiger charge is -2.10. The highest BCUT2D eigenvalue weighted by atomic mass is 35.5. The number of nitrogens with one attached hydrogen (secondary N) is 2. The number of aromatic amines is 1. The van der Waals surface area contributed by atoms with Crippen LogP contribution in [0, 0.1) is 13.8 Å². The molecule has 0 aliphatic rings. The second-order valence-corrected chi connectivity index (χ2v) is 7.28. The first kappa shape index (κ1) is 16.7. The van der Waals surface area contributed by atoms with E-state index in [0.29, 0.717) is 22.2 Å². The highest BCUT2D eigenvalue weighted by Gasteiger charge is 2.18. The van der Waals surface area contributed by atoms with Crippen LogP contribution in [0.2, 0.25) is 5.02 Å². The lowest BCUT2D eigenvalue weighted by Crippen LogP contribution is -2.08. The molecule has 0 atom stereocenters. The maximum Gasteiger partial charge on any atom is 0.272 e. The fourth-order valence-electron chi connectivity index (χ4n) is 2.42. The number of anilines is 2. The number of hydrogen-bond acceptors (Lipinski definition) is 5. The van der Waals surface area contributed by atoms with Gasteiger partial charge >= 0.3 is 0 Å². The van der Waals surface area contributed by atoms with Crippen molar-refractivity contribution in [1.29, 1.82) is 0 Å². The van der Waals surface area contributed by atoms with E-state index < -0.39 is 15.9 Å². The predicted molar refractivity (Wildman–Crippen MR) is 93.4 cm³/mol. The van der Waals surface area contributed by atoms with Crippen molar-refractivity contribution in [1.82, 2.24) is 15.0 Å². The van der Waals surface area contributed by atoms with Crippen LogP contribution >= 0.6 is 11.6 Å². The number of halogens is 1. The van der Waals surface area contributed by atoms with Gasteiger partial charge in [-0.3, -0.25) is 4.55 Å². The molecule has 2 heterocycles. The Hall–Kier alpha value is -2.16. The van der Waals surface area contributed by atoms with Gasteiger partial charge in [0.05, 0.1) is 16.1 Å². The molecule has 0 fully saturated rings. The SMILES string of the molecule is Cc1[nH]c2nc(CS(=O)(=O)O)nc(Nc3ccccc3Cl)c2c1C. The number of H-pyrrole nitrogens is 1. The van der Waals surface area contributed by atoms with Crippen LogP contribution in [0.3, 0.4) is 0 Å². The van der Waals surface area contributed by atoms with Crippen molar-refractivity contribution in [3.05, 3.63) is 46.4 Å². The van der Waals surface area contributed by atoms with Crippen molar-refractivity contribution in [3.8, 4) is 0 Å². The lowest BCUT2D eigenvalue weighted by atomic mass is 10.2. The zero-order valence-corrected chi connectivity index (χ0v) is 14.5. The number of hydrogen-bond donors (Lipinski definition) is 3. The minimum Gasteiger partial charge on any atom is -0.343 e. The third-order valence-electron chi connectivity index (χ3n) is 3.64. The monoisotopic (exact) mass is 366 g/mol. The van der Waals surface area contributed by atoms with Crippen LogP contribution in [0.15, 0.2) is 24.3 Å². The Balaban J connectivity index is 2.18. The Morgan fingerprint density at radius 2 is 1.96 bits per heavy atom. The molecule has 0 saturated carbocycles. The zero-order valence-electron chi connectivity index (χ0n) is 13.0. The van der Waals surface area contributed by atoms with Gasteiger partial charge in [0.25, 0.3) is 10.1 Å². The molecule has 9 heteroatoms. The van der Waals surface area contributed by atoms with Gasteiger partial charge in [-0.25, -0.2) is 9.97 Å². The van der Waals surface area contributed by atoms with E-state index in [1.54, 1.807) is 18.2 Å². The van der Waals surface area contributed by atoms with Crippen LogP contribution in [0.5, 0.6) is 0 Å². The molecule has 0 saturated heterocycles. The Morgan fingerprint density at radius 1 is 1.25 bits per heavy atom. The van der Waals surface area contributed by atoms with Gasteiger partial charge in [0.1, 0.15) is 17.2 Å². The highest BCUT2D eigenvalue weighted by Crippen LogP contribution is 2.31. The highest BCUT2D eigenvalue weighted by molar-refractivity contribution is 7.84. The van der Waals surface area contributed by atoms with E-state index in [1.807, 2.05) is 19.9 Å². The molecule has 0 unspecified atom stereocenters. The first-order valence-corrected chi connectivity index (χ1v) is 9.06. The summed E-state index contributed by atoms with van der Waals surface area (Å²) < 4.78 is 31.4. The number of rotatable bonds is 4. The second-order valence-electron chi connectivity index (χ2n) is 5.42. The molecule has 3 N–H and O–H groups in total. The van der Waals surface area contributed by atoms with Crippen LogP contribution in [0.4, 0.5) is 11.5 Å². The van der Waals surface area contributed by atoms with Crippen LogP contribution in [0.1, 0.15) is 17.1 Å². The number of para-hydroxylation sites is 1. The third-order valence-corrected chi connectivity index (χ3v) is 4.59. The smallest absolute Gasteiger partial charge is 0.272 e. The molecule has 0 amide bonds. The van der Waals surface area contributed by atoms with E-state index in [9.17, 15) is 8.42 Å². The molecular weight excluding hydrogens is 352 g/mol. The minimum absolute atomic E-state index is 0.0131. The van der Waals surface area contributed by atoms with Crippen molar-refractivity contribution in [2.75, 3.05) is 5.32 Å². The average molecular weight is 367 g/mol. The molecule has 3 rings (SSSR count). The Labute approximate surface area is 143 Å². The van der Waals surface area contributed by atoms with Crippen molar-refractivity contribution >= 4 is 44.3 Å². The van der Waals surface area contributed by atoms with Gasteiger partial charge in [0.2, 0.25) is 0 Å². The van der Waals surface area contributed by atoms with Crippen LogP contribution in [-0.2, 0) is 15.9 Å². The van der Waals surface area contributed by atoms with Crippen molar-refractivity contribution in [3.63, 3.8) is 0 Å². The van der Waals surface area contributed by atoms with Gasteiger partial charge in [-0.1, -0.05) is 23.7 Å². The summed E-state index contributed by atoms with van der Waals surface area (Å²) in [5, 5.41) is 4.36. The van der Waals surface area contributed by atoms with Gasteiger partial charge in [-0.2, -0.15) is 8.42 Å². The Morgan fingerprint density at radius 3 is 2.62 bits per heavy atom. The molecule has 0 aliphatic carbocycles. The van der Waals surface area contributed by atoms with Crippen molar-refractivity contribution in [2.45, 2.75) is 19.6 Å². The maximum atomic E-state index is 11.2. The summed E-state index contributed by atoms with van der Waals surface area (Å²) in [7, 11) is -4.24. The molecule has 7 nitrogen and oxygen atoms in total. The predicted octanol–water partition coefficient (Wildman–Crippen LogP) is 3.36. The number of benzene rings is 1. The molecule has 24 heavy (non-hydrogen) atoms. The maximum absolute atomic E-state index is 11.2. The normalized spacial score (nSPS) is 11.8. The zero-order chi connectivity index (χ0) is 17.5. The molecular formula is C15H15ClN4O3S. The lowest BCUT2D eigenvalue weighted by molar-refractivity contribution is 0.481. The Bertz CT molecular complexity index is 1030.